The van der Waals surface area contributed by atoms with Crippen LogP contribution in [0.3, 0.4) is 0 Å². The van der Waals surface area contributed by atoms with Crippen molar-refractivity contribution in [1.82, 2.24) is 9.78 Å². The summed E-state index contributed by atoms with van der Waals surface area (Å²) in [7, 11) is 0. The van der Waals surface area contributed by atoms with Gasteiger partial charge in [-0.2, -0.15) is 18.3 Å². The molecule has 0 saturated heterocycles. The molecule has 36 heavy (non-hydrogen) atoms. The van der Waals surface area contributed by atoms with Gasteiger partial charge in [0.25, 0.3) is 5.91 Å². The molecule has 7 nitrogen and oxygen atoms in total. The van der Waals surface area contributed by atoms with E-state index in [4.69, 9.17) is 4.74 Å². The van der Waals surface area contributed by atoms with Crippen LogP contribution < -0.4 is 10.6 Å². The van der Waals surface area contributed by atoms with E-state index in [-0.39, 0.29) is 24.5 Å². The monoisotopic (exact) mass is 538 g/mol. The van der Waals surface area contributed by atoms with E-state index < -0.39 is 30.1 Å². The minimum absolute atomic E-state index is 0.122. The molecule has 0 radical (unpaired) electrons. The molecule has 4 heterocycles. The summed E-state index contributed by atoms with van der Waals surface area (Å²) < 4.78 is 47.9. The van der Waals surface area contributed by atoms with E-state index in [1.54, 1.807) is 19.1 Å². The third kappa shape index (κ3) is 4.63. The Bertz CT molecular complexity index is 1280. The summed E-state index contributed by atoms with van der Waals surface area (Å²) in [5.41, 5.74) is 1.06. The van der Waals surface area contributed by atoms with E-state index in [1.165, 1.54) is 28.7 Å². The smallest absolute Gasteiger partial charge is 0.410 e. The number of carbonyl (C=O) groups excluding carboxylic acids is 2. The van der Waals surface area contributed by atoms with Crippen LogP contribution in [0.15, 0.2) is 23.6 Å². The Morgan fingerprint density at radius 2 is 2.17 bits per heavy atom. The fourth-order valence-electron chi connectivity index (χ4n) is 4.79. The first-order valence-corrected chi connectivity index (χ1v) is 13.4. The molecule has 3 aromatic heterocycles. The first-order valence-electron chi connectivity index (χ1n) is 11.7. The third-order valence-electron chi connectivity index (χ3n) is 6.53. The normalized spacial score (nSPS) is 21.3. The van der Waals surface area contributed by atoms with Gasteiger partial charge >= 0.3 is 12.1 Å². The topological polar surface area (TPSA) is 85.2 Å². The number of nitrogens with one attached hydrogen (secondary N) is 2. The van der Waals surface area contributed by atoms with E-state index in [0.717, 1.165) is 32.8 Å². The van der Waals surface area contributed by atoms with Gasteiger partial charge in [0.1, 0.15) is 10.8 Å². The lowest BCUT2D eigenvalue weighted by Gasteiger charge is -2.32. The largest absolute Gasteiger partial charge is 0.462 e. The standard InChI is InChI=1S/C24H25F3N4O3S2/c1-3-34-23(33)20-13-7-6-12(2)9-17(13)36-22(20)29-21(32)15-11-19-28-14(16-5-4-8-35-16)10-18(24(25,26)27)31(19)30-15/h4-5,8,11-12,14,18,28H,3,6-7,9-10H2,1-2H3,(H,29,32). The Labute approximate surface area is 213 Å². The van der Waals surface area contributed by atoms with Crippen molar-refractivity contribution in [2.24, 2.45) is 5.92 Å². The van der Waals surface area contributed by atoms with Crippen molar-refractivity contribution in [1.29, 1.82) is 0 Å². The highest BCUT2D eigenvalue weighted by atomic mass is 32.1. The number of fused-ring (bicyclic) bond motifs is 2. The van der Waals surface area contributed by atoms with Gasteiger partial charge in [0.15, 0.2) is 11.7 Å². The van der Waals surface area contributed by atoms with Crippen molar-refractivity contribution in [2.45, 2.75) is 57.8 Å². The fraction of sp³-hybridized carbons (Fsp3) is 0.458. The SMILES string of the molecule is CCOC(=O)c1c(NC(=O)c2cc3n(n2)C(C(F)(F)F)CC(c2cccs2)N3)sc2c1CCC(C)C2. The van der Waals surface area contributed by atoms with Crippen LogP contribution in [0.1, 0.15) is 74.9 Å². The van der Waals surface area contributed by atoms with Gasteiger partial charge < -0.3 is 15.4 Å². The molecule has 12 heteroatoms. The molecule has 1 aliphatic heterocycles. The molecule has 2 aliphatic rings. The second kappa shape index (κ2) is 9.55. The summed E-state index contributed by atoms with van der Waals surface area (Å²) >= 11 is 2.69. The number of carbonyl (C=O) groups is 2. The molecule has 0 saturated carbocycles. The van der Waals surface area contributed by atoms with Crippen molar-refractivity contribution in [3.8, 4) is 0 Å². The average Bonchev–Trinajstić information content (AvgIpc) is 3.55. The molecule has 2 N–H and O–H groups in total. The van der Waals surface area contributed by atoms with Gasteiger partial charge in [0.2, 0.25) is 0 Å². The van der Waals surface area contributed by atoms with Crippen molar-refractivity contribution in [2.75, 3.05) is 17.2 Å². The number of thiophene rings is 2. The zero-order valence-electron chi connectivity index (χ0n) is 19.6. The number of amides is 1. The van der Waals surface area contributed by atoms with Gasteiger partial charge in [-0.05, 0) is 49.1 Å². The maximum absolute atomic E-state index is 13.9. The highest BCUT2D eigenvalue weighted by Gasteiger charge is 2.47. The molecule has 0 spiro atoms. The summed E-state index contributed by atoms with van der Waals surface area (Å²) in [5, 5.41) is 12.0. The number of rotatable bonds is 5. The lowest BCUT2D eigenvalue weighted by atomic mass is 9.88. The Balaban J connectivity index is 1.46. The Morgan fingerprint density at radius 3 is 2.86 bits per heavy atom. The average molecular weight is 539 g/mol. The number of ether oxygens (including phenoxy) is 1. The Hall–Kier alpha value is -2.86. The molecule has 5 rings (SSSR count). The van der Waals surface area contributed by atoms with Gasteiger partial charge in [-0.1, -0.05) is 13.0 Å². The van der Waals surface area contributed by atoms with Gasteiger partial charge in [0, 0.05) is 22.2 Å². The van der Waals surface area contributed by atoms with Crippen LogP contribution in [0, 0.1) is 5.92 Å². The summed E-state index contributed by atoms with van der Waals surface area (Å²) in [6, 6.07) is 2.49. The molecule has 1 amide bonds. The number of hydrogen-bond donors (Lipinski definition) is 2. The molecule has 0 fully saturated rings. The minimum atomic E-state index is -4.54. The molecule has 192 valence electrons. The first-order chi connectivity index (χ1) is 17.2. The fourth-order valence-corrected chi connectivity index (χ4v) is 6.97. The van der Waals surface area contributed by atoms with Crippen LogP contribution >= 0.6 is 22.7 Å². The number of hydrogen-bond acceptors (Lipinski definition) is 7. The van der Waals surface area contributed by atoms with Crippen LogP contribution in [0.2, 0.25) is 0 Å². The van der Waals surface area contributed by atoms with Crippen LogP contribution in [0.25, 0.3) is 0 Å². The predicted molar refractivity (Wildman–Crippen MR) is 132 cm³/mol. The second-order valence-corrected chi connectivity index (χ2v) is 11.2. The maximum atomic E-state index is 13.9. The van der Waals surface area contributed by atoms with Crippen molar-refractivity contribution in [3.63, 3.8) is 0 Å². The Morgan fingerprint density at radius 1 is 1.36 bits per heavy atom. The number of aromatic nitrogens is 2. The number of anilines is 2. The number of esters is 1. The quantitative estimate of drug-likeness (QED) is 0.377. The third-order valence-corrected chi connectivity index (χ3v) is 8.68. The van der Waals surface area contributed by atoms with Crippen molar-refractivity contribution in [3.05, 3.63) is 50.2 Å². The van der Waals surface area contributed by atoms with E-state index in [1.807, 2.05) is 5.38 Å². The molecular weight excluding hydrogens is 513 g/mol. The van der Waals surface area contributed by atoms with Crippen LogP contribution in [0.5, 0.6) is 0 Å². The molecule has 3 aromatic rings. The molecule has 0 bridgehead atoms. The maximum Gasteiger partial charge on any atom is 0.410 e. The molecule has 3 atom stereocenters. The van der Waals surface area contributed by atoms with E-state index in [0.29, 0.717) is 22.9 Å². The first kappa shape index (κ1) is 24.8. The van der Waals surface area contributed by atoms with Gasteiger partial charge in [0.05, 0.1) is 18.2 Å². The van der Waals surface area contributed by atoms with Gasteiger partial charge in [-0.3, -0.25) is 4.79 Å². The van der Waals surface area contributed by atoms with Crippen molar-refractivity contribution >= 4 is 45.4 Å². The molecule has 1 aliphatic carbocycles. The lowest BCUT2D eigenvalue weighted by molar-refractivity contribution is -0.173. The Kier molecular flexibility index (Phi) is 6.58. The summed E-state index contributed by atoms with van der Waals surface area (Å²) in [4.78, 5) is 27.7. The highest BCUT2D eigenvalue weighted by molar-refractivity contribution is 7.17. The second-order valence-electron chi connectivity index (χ2n) is 9.10. The van der Waals surface area contributed by atoms with Crippen molar-refractivity contribution < 1.29 is 27.5 Å². The summed E-state index contributed by atoms with van der Waals surface area (Å²) in [6.07, 6.45) is -2.35. The molecule has 3 unspecified atom stereocenters. The van der Waals surface area contributed by atoms with Crippen LogP contribution in [-0.4, -0.2) is 34.4 Å². The molecular formula is C24H25F3N4O3S2. The highest BCUT2D eigenvalue weighted by Crippen LogP contribution is 2.45. The summed E-state index contributed by atoms with van der Waals surface area (Å²) in [5.74, 6) is -0.612. The van der Waals surface area contributed by atoms with E-state index in [2.05, 4.69) is 22.7 Å². The zero-order valence-corrected chi connectivity index (χ0v) is 21.3. The molecule has 0 aromatic carbocycles. The summed E-state index contributed by atoms with van der Waals surface area (Å²) in [6.45, 7) is 4.03. The van der Waals surface area contributed by atoms with Crippen LogP contribution in [-0.2, 0) is 17.6 Å². The number of nitrogens with zero attached hydrogens (tertiary/aromatic N) is 2. The van der Waals surface area contributed by atoms with Gasteiger partial charge in [-0.25, -0.2) is 9.48 Å². The number of alkyl halides is 3. The van der Waals surface area contributed by atoms with E-state index in [9.17, 15) is 22.8 Å². The minimum Gasteiger partial charge on any atom is -0.462 e. The predicted octanol–water partition coefficient (Wildman–Crippen LogP) is 6.22. The van der Waals surface area contributed by atoms with Gasteiger partial charge in [-0.15, -0.1) is 22.7 Å². The van der Waals surface area contributed by atoms with E-state index >= 15 is 0 Å². The lowest BCUT2D eigenvalue weighted by Crippen LogP contribution is -2.35. The zero-order chi connectivity index (χ0) is 25.6. The number of halogens is 3. The van der Waals surface area contributed by atoms with Crippen LogP contribution in [0.4, 0.5) is 24.0 Å².